The second-order valence-electron chi connectivity index (χ2n) is 15.0. The van der Waals surface area contributed by atoms with Crippen LogP contribution in [0.2, 0.25) is 0 Å². The Labute approximate surface area is 360 Å². The van der Waals surface area contributed by atoms with Crippen LogP contribution in [0.15, 0.2) is 77.4 Å². The summed E-state index contributed by atoms with van der Waals surface area (Å²) in [7, 11) is 24.6. The van der Waals surface area contributed by atoms with E-state index in [-0.39, 0.29) is 47.5 Å². The lowest BCUT2D eigenvalue weighted by molar-refractivity contribution is 0.347. The minimum Gasteiger partial charge on any atom is -0.494 e. The smallest absolute Gasteiger partial charge is 0.297 e. The number of aryl methyl sites for hydroxylation is 2. The third kappa shape index (κ3) is 11.2. The van der Waals surface area contributed by atoms with Crippen molar-refractivity contribution in [2.45, 2.75) is 66.3 Å². The second-order valence-corrected chi connectivity index (χ2v) is 16.3. The van der Waals surface area contributed by atoms with Crippen molar-refractivity contribution in [2.75, 3.05) is 33.0 Å². The van der Waals surface area contributed by atoms with Crippen LogP contribution in [0.3, 0.4) is 0 Å². The van der Waals surface area contributed by atoms with Gasteiger partial charge < -0.3 is 29.5 Å². The highest BCUT2D eigenvalue weighted by Gasteiger charge is 2.23. The Hall–Kier alpha value is -5.53. The number of aromatic nitrogens is 2. The Balaban J connectivity index is 0.000000281. The van der Waals surface area contributed by atoms with Crippen LogP contribution in [-0.4, -0.2) is 107 Å². The molecular weight excluding hydrogens is 796 g/mol. The average Bonchev–Trinajstić information content (AvgIpc) is 3.15. The molecule has 3 N–H and O–H groups in total. The van der Waals surface area contributed by atoms with Gasteiger partial charge in [-0.3, -0.25) is 23.3 Å². The summed E-state index contributed by atoms with van der Waals surface area (Å²) in [5, 5.41) is 37.9. The number of azo groups is 2. The fourth-order valence-electron chi connectivity index (χ4n) is 6.41. The lowest BCUT2D eigenvalue weighted by Gasteiger charge is -2.18. The van der Waals surface area contributed by atoms with E-state index in [2.05, 4.69) is 20.5 Å². The largest absolute Gasteiger partial charge is 0.494 e. The van der Waals surface area contributed by atoms with E-state index in [0.717, 1.165) is 31.5 Å². The van der Waals surface area contributed by atoms with Crippen molar-refractivity contribution in [1.29, 1.82) is 0 Å². The maximum atomic E-state index is 13.0. The number of nitrogens with zero attached hydrogens (tertiary/aromatic N) is 10. The summed E-state index contributed by atoms with van der Waals surface area (Å²) in [6, 6.07) is 12.1. The highest BCUT2D eigenvalue weighted by molar-refractivity contribution is 7.86. The zero-order valence-electron chi connectivity index (χ0n) is 35.8. The molecule has 2 heterocycles. The fourth-order valence-corrected chi connectivity index (χ4v) is 7.23. The lowest BCUT2D eigenvalue weighted by atomic mass is 9.99. The van der Waals surface area contributed by atoms with E-state index in [1.807, 2.05) is 25.1 Å². The zero-order chi connectivity index (χ0) is 45.8. The van der Waals surface area contributed by atoms with Crippen molar-refractivity contribution in [3.63, 3.8) is 0 Å². The van der Waals surface area contributed by atoms with Gasteiger partial charge in [-0.25, -0.2) is 0 Å². The van der Waals surface area contributed by atoms with Crippen LogP contribution in [0.4, 0.5) is 28.4 Å². The van der Waals surface area contributed by atoms with Gasteiger partial charge in [0, 0.05) is 28.7 Å². The Morgan fingerprint density at radius 3 is 1.57 bits per heavy atom. The maximum Gasteiger partial charge on any atom is 0.297 e. The predicted octanol–water partition coefficient (Wildman–Crippen LogP) is 5.17. The van der Waals surface area contributed by atoms with Crippen molar-refractivity contribution in [3.05, 3.63) is 102 Å². The molecule has 0 fully saturated rings. The van der Waals surface area contributed by atoms with E-state index in [4.69, 9.17) is 31.9 Å². The van der Waals surface area contributed by atoms with Crippen LogP contribution >= 0.6 is 0 Å². The number of aromatic hydroxyl groups is 2. The molecule has 2 aromatic heterocycles. The van der Waals surface area contributed by atoms with Gasteiger partial charge in [0.15, 0.2) is 47.1 Å². The van der Waals surface area contributed by atoms with Crippen LogP contribution in [0, 0.1) is 41.5 Å². The topological polar surface area (TPSA) is 201 Å². The van der Waals surface area contributed by atoms with E-state index in [1.165, 1.54) is 32.4 Å². The molecule has 5 aromatic rings. The molecule has 17 nitrogen and oxygen atoms in total. The monoisotopic (exact) mass is 842 g/mol. The third-order valence-corrected chi connectivity index (χ3v) is 10.5. The molecule has 0 aliphatic heterocycles. The quantitative estimate of drug-likeness (QED) is 0.0851. The highest BCUT2D eigenvalue weighted by Crippen LogP contribution is 2.37. The summed E-state index contributed by atoms with van der Waals surface area (Å²) in [6.07, 6.45) is 0. The molecule has 22 heteroatoms. The van der Waals surface area contributed by atoms with Crippen molar-refractivity contribution in [3.8, 4) is 11.8 Å². The van der Waals surface area contributed by atoms with Gasteiger partial charge in [-0.15, -0.1) is 15.3 Å². The summed E-state index contributed by atoms with van der Waals surface area (Å²) < 4.78 is 37.1. The second kappa shape index (κ2) is 19.5. The zero-order valence-corrected chi connectivity index (χ0v) is 36.6. The molecule has 0 aliphatic rings. The van der Waals surface area contributed by atoms with Crippen LogP contribution in [0.25, 0.3) is 10.8 Å². The standard InChI is InChI=1S/C22H25B2N5O5S.C17H21B2N5O2/c1-12-8-15(10-27(4)23)16-6-7-18(20(17(16)9-12)35(32,33)34)25-26-19-13(2)14(3)21(30)29(22(19)31)11-28(5)24;1-10-6-13(8-14(7-10)23(5)19)20-21-15-11(2)12(3)16(25)24(17(15)26)9-22(4)18/h6-9,30H,10-11H2,1-5H3,(H,32,33,34);6-8,25H,9H2,1-5H3. The first-order valence-electron chi connectivity index (χ1n) is 18.5. The molecule has 3 aromatic carbocycles. The normalized spacial score (nSPS) is 12.0. The van der Waals surface area contributed by atoms with Crippen LogP contribution < -0.4 is 15.9 Å². The van der Waals surface area contributed by atoms with Gasteiger partial charge >= 0.3 is 0 Å². The van der Waals surface area contributed by atoms with Crippen LogP contribution in [0.5, 0.6) is 11.8 Å². The number of pyridine rings is 2. The first-order chi connectivity index (χ1) is 28.3. The molecule has 0 aliphatic carbocycles. The van der Waals surface area contributed by atoms with Crippen molar-refractivity contribution >= 4 is 81.3 Å². The maximum absolute atomic E-state index is 13.0. The fraction of sp³-hybridized carbons (Fsp3) is 0.333. The minimum atomic E-state index is -4.73. The van der Waals surface area contributed by atoms with Crippen molar-refractivity contribution < 1.29 is 23.2 Å². The summed E-state index contributed by atoms with van der Waals surface area (Å²) in [5.74, 6) is -0.396. The van der Waals surface area contributed by atoms with Crippen LogP contribution in [0.1, 0.15) is 38.9 Å². The molecule has 0 amide bonds. The molecular formula is C39H46B4N10O7S. The molecule has 0 bridgehead atoms. The molecule has 8 radical (unpaired) electrons. The van der Waals surface area contributed by atoms with Crippen molar-refractivity contribution in [2.24, 2.45) is 20.5 Å². The Morgan fingerprint density at radius 1 is 0.623 bits per heavy atom. The number of rotatable bonds is 12. The number of fused-ring (bicyclic) bond motifs is 1. The molecule has 0 spiro atoms. The molecule has 312 valence electrons. The van der Waals surface area contributed by atoms with Crippen molar-refractivity contribution in [1.82, 2.24) is 23.6 Å². The molecule has 0 unspecified atom stereocenters. The predicted molar refractivity (Wildman–Crippen MR) is 240 cm³/mol. The van der Waals surface area contributed by atoms with E-state index in [9.17, 15) is 32.8 Å². The van der Waals surface area contributed by atoms with E-state index in [1.54, 1.807) is 74.0 Å². The summed E-state index contributed by atoms with van der Waals surface area (Å²) >= 11 is 0. The average molecular weight is 842 g/mol. The number of hydrogen-bond acceptors (Lipinski definition) is 14. The third-order valence-electron chi connectivity index (χ3n) is 9.59. The van der Waals surface area contributed by atoms with Gasteiger partial charge in [-0.05, 0) is 128 Å². The Bertz CT molecular complexity index is 2770. The first-order valence-corrected chi connectivity index (χ1v) is 20.0. The minimum absolute atomic E-state index is 0.0286. The highest BCUT2D eigenvalue weighted by atomic mass is 32.2. The van der Waals surface area contributed by atoms with Gasteiger partial charge in [0.1, 0.15) is 10.6 Å². The molecule has 61 heavy (non-hydrogen) atoms. The van der Waals surface area contributed by atoms with Gasteiger partial charge in [-0.1, -0.05) is 17.7 Å². The number of hydrogen-bond donors (Lipinski definition) is 3. The Morgan fingerprint density at radius 2 is 1.11 bits per heavy atom. The SMILES string of the molecule is [B]N(C)Cc1cc(C)cc2c(S(=O)(=O)O)c(N=Nc3c(C)c(C)c(O)n(CN([B])C)c3=O)ccc12.[B]N(C)Cn1c(O)c(C)c(C)c(N=Nc2cc(C)cc(N([B])C)c2)c1=O. The summed E-state index contributed by atoms with van der Waals surface area (Å²) in [6.45, 7) is 10.6. The van der Waals surface area contributed by atoms with E-state index >= 15 is 0 Å². The number of anilines is 1. The molecule has 0 saturated heterocycles. The van der Waals surface area contributed by atoms with E-state index in [0.29, 0.717) is 39.9 Å². The van der Waals surface area contributed by atoms with Gasteiger partial charge in [0.2, 0.25) is 7.98 Å². The summed E-state index contributed by atoms with van der Waals surface area (Å²) in [4.78, 5) is 30.7. The molecule has 5 rings (SSSR count). The lowest BCUT2D eigenvalue weighted by Crippen LogP contribution is -2.29. The summed E-state index contributed by atoms with van der Waals surface area (Å²) in [5.41, 5.74) is 4.49. The Kier molecular flexibility index (Phi) is 15.4. The van der Waals surface area contributed by atoms with Gasteiger partial charge in [0.25, 0.3) is 21.2 Å². The number of benzene rings is 3. The van der Waals surface area contributed by atoms with Crippen LogP contribution in [-0.2, 0) is 30.0 Å². The molecule has 0 atom stereocenters. The van der Waals surface area contributed by atoms with Gasteiger partial charge in [0.05, 0.1) is 19.0 Å². The van der Waals surface area contributed by atoms with Gasteiger partial charge in [-0.2, -0.15) is 13.5 Å². The molecule has 0 saturated carbocycles. The first kappa shape index (κ1) is 48.1. The van der Waals surface area contributed by atoms with E-state index < -0.39 is 26.1 Å².